The van der Waals surface area contributed by atoms with Gasteiger partial charge in [0.05, 0.1) is 6.04 Å². The van der Waals surface area contributed by atoms with Crippen LogP contribution in [-0.4, -0.2) is 11.8 Å². The van der Waals surface area contributed by atoms with Crippen molar-refractivity contribution in [3.8, 4) is 0 Å². The Kier molecular flexibility index (Phi) is 4.62. The first-order chi connectivity index (χ1) is 7.54. The maximum absolute atomic E-state index is 12.7. The Hall–Kier alpha value is -1.22. The fraction of sp³-hybridized carbons (Fsp3) is 0.462. The molecule has 2 unspecified atom stereocenters. The van der Waals surface area contributed by atoms with Gasteiger partial charge in [0.2, 0.25) is 0 Å². The van der Waals surface area contributed by atoms with Gasteiger partial charge in [0, 0.05) is 5.92 Å². The van der Waals surface area contributed by atoms with Crippen molar-refractivity contribution in [1.29, 1.82) is 0 Å². The van der Waals surface area contributed by atoms with E-state index in [-0.39, 0.29) is 17.5 Å². The molecule has 0 saturated heterocycles. The van der Waals surface area contributed by atoms with E-state index in [4.69, 9.17) is 5.73 Å². The summed E-state index contributed by atoms with van der Waals surface area (Å²) < 4.78 is 12.7. The highest BCUT2D eigenvalue weighted by Gasteiger charge is 2.19. The smallest absolute Gasteiger partial charge is 0.152 e. The van der Waals surface area contributed by atoms with E-state index in [9.17, 15) is 9.18 Å². The minimum atomic E-state index is -0.486. The first kappa shape index (κ1) is 12.8. The lowest BCUT2D eigenvalue weighted by Crippen LogP contribution is -2.36. The second-order valence-electron chi connectivity index (χ2n) is 4.15. The van der Waals surface area contributed by atoms with Crippen molar-refractivity contribution in [1.82, 2.24) is 0 Å². The van der Waals surface area contributed by atoms with Crippen LogP contribution in [0.2, 0.25) is 0 Å². The number of ketones is 1. The molecule has 0 heterocycles. The summed E-state index contributed by atoms with van der Waals surface area (Å²) in [6.07, 6.45) is 1.28. The van der Waals surface area contributed by atoms with Gasteiger partial charge in [0.25, 0.3) is 0 Å². The molecule has 88 valence electrons. The standard InChI is InChI=1S/C13H18FNO/c1-3-9(2)13(16)12(15)8-10-4-6-11(14)7-5-10/h4-7,9,12H,3,8,15H2,1-2H3. The molecule has 1 rings (SSSR count). The number of nitrogens with two attached hydrogens (primary N) is 1. The number of hydrogen-bond donors (Lipinski definition) is 1. The van der Waals surface area contributed by atoms with Crippen LogP contribution < -0.4 is 5.73 Å². The SMILES string of the molecule is CCC(C)C(=O)C(N)Cc1ccc(F)cc1. The first-order valence-corrected chi connectivity index (χ1v) is 5.58. The number of hydrogen-bond acceptors (Lipinski definition) is 2. The zero-order valence-corrected chi connectivity index (χ0v) is 9.74. The number of carbonyl (C=O) groups is 1. The topological polar surface area (TPSA) is 43.1 Å². The molecular formula is C13H18FNO. The molecule has 0 fully saturated rings. The van der Waals surface area contributed by atoms with Crippen molar-refractivity contribution in [3.05, 3.63) is 35.6 Å². The normalized spacial score (nSPS) is 14.5. The van der Waals surface area contributed by atoms with Crippen molar-refractivity contribution >= 4 is 5.78 Å². The maximum atomic E-state index is 12.7. The van der Waals surface area contributed by atoms with Gasteiger partial charge in [0.15, 0.2) is 5.78 Å². The predicted octanol–water partition coefficient (Wildman–Crippen LogP) is 2.31. The predicted molar refractivity (Wildman–Crippen MR) is 62.5 cm³/mol. The summed E-state index contributed by atoms with van der Waals surface area (Å²) in [5.74, 6) is -0.201. The third kappa shape index (κ3) is 3.42. The molecule has 0 bridgehead atoms. The molecule has 1 aromatic rings. The largest absolute Gasteiger partial charge is 0.321 e. The van der Waals surface area contributed by atoms with E-state index in [1.165, 1.54) is 12.1 Å². The molecule has 2 atom stereocenters. The number of Topliss-reactive ketones (excluding diaryl/α,β-unsaturated/α-hetero) is 1. The van der Waals surface area contributed by atoms with Crippen LogP contribution in [0.3, 0.4) is 0 Å². The zero-order chi connectivity index (χ0) is 12.1. The molecule has 0 aromatic heterocycles. The molecule has 3 heteroatoms. The van der Waals surface area contributed by atoms with Crippen molar-refractivity contribution in [3.63, 3.8) is 0 Å². The van der Waals surface area contributed by atoms with E-state index in [0.717, 1.165) is 12.0 Å². The van der Waals surface area contributed by atoms with E-state index in [1.807, 2.05) is 13.8 Å². The van der Waals surface area contributed by atoms with Crippen LogP contribution in [0.1, 0.15) is 25.8 Å². The van der Waals surface area contributed by atoms with Crippen LogP contribution in [0.5, 0.6) is 0 Å². The van der Waals surface area contributed by atoms with Gasteiger partial charge in [-0.3, -0.25) is 4.79 Å². The average molecular weight is 223 g/mol. The van der Waals surface area contributed by atoms with E-state index in [2.05, 4.69) is 0 Å². The van der Waals surface area contributed by atoms with E-state index < -0.39 is 6.04 Å². The van der Waals surface area contributed by atoms with Gasteiger partial charge in [-0.05, 0) is 30.5 Å². The van der Waals surface area contributed by atoms with Gasteiger partial charge < -0.3 is 5.73 Å². The molecule has 0 aliphatic rings. The van der Waals surface area contributed by atoms with Crippen LogP contribution in [-0.2, 0) is 11.2 Å². The summed E-state index contributed by atoms with van der Waals surface area (Å²) in [5, 5.41) is 0. The summed E-state index contributed by atoms with van der Waals surface area (Å²) in [4.78, 5) is 11.7. The first-order valence-electron chi connectivity index (χ1n) is 5.58. The fourth-order valence-corrected chi connectivity index (χ4v) is 1.54. The van der Waals surface area contributed by atoms with E-state index >= 15 is 0 Å². The molecule has 2 N–H and O–H groups in total. The molecule has 0 radical (unpaired) electrons. The molecule has 0 spiro atoms. The Bertz CT molecular complexity index is 347. The summed E-state index contributed by atoms with van der Waals surface area (Å²) >= 11 is 0. The summed E-state index contributed by atoms with van der Waals surface area (Å²) in [6, 6.07) is 5.62. The highest BCUT2D eigenvalue weighted by atomic mass is 19.1. The number of halogens is 1. The lowest BCUT2D eigenvalue weighted by molar-refractivity contribution is -0.123. The lowest BCUT2D eigenvalue weighted by atomic mass is 9.94. The van der Waals surface area contributed by atoms with Gasteiger partial charge in [0.1, 0.15) is 5.82 Å². The maximum Gasteiger partial charge on any atom is 0.152 e. The van der Waals surface area contributed by atoms with Crippen molar-refractivity contribution in [2.24, 2.45) is 11.7 Å². The zero-order valence-electron chi connectivity index (χ0n) is 9.74. The Labute approximate surface area is 95.7 Å². The molecule has 0 aliphatic carbocycles. The van der Waals surface area contributed by atoms with Gasteiger partial charge >= 0.3 is 0 Å². The van der Waals surface area contributed by atoms with Gasteiger partial charge in [-0.2, -0.15) is 0 Å². The monoisotopic (exact) mass is 223 g/mol. The number of carbonyl (C=O) groups excluding carboxylic acids is 1. The number of benzene rings is 1. The van der Waals surface area contributed by atoms with Crippen LogP contribution in [0, 0.1) is 11.7 Å². The Morgan fingerprint density at radius 2 is 1.94 bits per heavy atom. The Morgan fingerprint density at radius 3 is 2.44 bits per heavy atom. The summed E-state index contributed by atoms with van der Waals surface area (Å²) in [6.45, 7) is 3.85. The Morgan fingerprint density at radius 1 is 1.38 bits per heavy atom. The molecule has 1 aromatic carbocycles. The van der Waals surface area contributed by atoms with Crippen LogP contribution in [0.25, 0.3) is 0 Å². The van der Waals surface area contributed by atoms with Gasteiger partial charge in [-0.1, -0.05) is 26.0 Å². The number of rotatable bonds is 5. The quantitative estimate of drug-likeness (QED) is 0.832. The summed E-state index contributed by atoms with van der Waals surface area (Å²) in [7, 11) is 0. The van der Waals surface area contributed by atoms with Gasteiger partial charge in [-0.15, -0.1) is 0 Å². The van der Waals surface area contributed by atoms with Crippen LogP contribution >= 0.6 is 0 Å². The van der Waals surface area contributed by atoms with Crippen LogP contribution in [0.4, 0.5) is 4.39 Å². The minimum Gasteiger partial charge on any atom is -0.321 e. The summed E-state index contributed by atoms with van der Waals surface area (Å²) in [5.41, 5.74) is 6.71. The Balaban J connectivity index is 2.60. The highest BCUT2D eigenvalue weighted by molar-refractivity contribution is 5.86. The van der Waals surface area contributed by atoms with Crippen LogP contribution in [0.15, 0.2) is 24.3 Å². The molecule has 0 amide bonds. The van der Waals surface area contributed by atoms with Crippen molar-refractivity contribution in [2.75, 3.05) is 0 Å². The van der Waals surface area contributed by atoms with E-state index in [1.54, 1.807) is 12.1 Å². The molecule has 0 saturated carbocycles. The third-order valence-electron chi connectivity index (χ3n) is 2.83. The molecule has 2 nitrogen and oxygen atoms in total. The minimum absolute atomic E-state index is 0.00421. The van der Waals surface area contributed by atoms with Crippen molar-refractivity contribution < 1.29 is 9.18 Å². The lowest BCUT2D eigenvalue weighted by Gasteiger charge is -2.14. The molecular weight excluding hydrogens is 205 g/mol. The third-order valence-corrected chi connectivity index (χ3v) is 2.83. The van der Waals surface area contributed by atoms with E-state index in [0.29, 0.717) is 6.42 Å². The van der Waals surface area contributed by atoms with Gasteiger partial charge in [-0.25, -0.2) is 4.39 Å². The van der Waals surface area contributed by atoms with Crippen molar-refractivity contribution in [2.45, 2.75) is 32.7 Å². The fourth-order valence-electron chi connectivity index (χ4n) is 1.54. The second kappa shape index (κ2) is 5.75. The highest BCUT2D eigenvalue weighted by Crippen LogP contribution is 2.10. The average Bonchev–Trinajstić information content (AvgIpc) is 2.30. The second-order valence-corrected chi connectivity index (χ2v) is 4.15. The molecule has 16 heavy (non-hydrogen) atoms. The molecule has 0 aliphatic heterocycles.